The van der Waals surface area contributed by atoms with E-state index in [2.05, 4.69) is 24.1 Å². The summed E-state index contributed by atoms with van der Waals surface area (Å²) in [5.41, 5.74) is 0. The van der Waals surface area contributed by atoms with Crippen LogP contribution in [-0.4, -0.2) is 29.1 Å². The number of nitrogens with zero attached hydrogens (tertiary/aromatic N) is 1. The Morgan fingerprint density at radius 3 is 2.29 bits per heavy atom. The van der Waals surface area contributed by atoms with Crippen LogP contribution < -0.4 is 5.32 Å². The number of hydrogen-bond donors (Lipinski definition) is 1. The van der Waals surface area contributed by atoms with Gasteiger partial charge in [-0.25, -0.2) is 0 Å². The van der Waals surface area contributed by atoms with Crippen LogP contribution in [0.5, 0.6) is 0 Å². The zero-order valence-electron chi connectivity index (χ0n) is 11.2. The minimum atomic E-state index is 0.0652. The highest BCUT2D eigenvalue weighted by Crippen LogP contribution is 2.26. The second-order valence-electron chi connectivity index (χ2n) is 5.55. The van der Waals surface area contributed by atoms with Crippen molar-refractivity contribution in [3.05, 3.63) is 0 Å². The van der Waals surface area contributed by atoms with E-state index in [1.807, 2.05) is 0 Å². The molecule has 3 heteroatoms. The van der Waals surface area contributed by atoms with Crippen molar-refractivity contribution in [2.45, 2.75) is 83.5 Å². The number of carbonyl (C=O) groups is 1. The van der Waals surface area contributed by atoms with Gasteiger partial charge in [0.1, 0.15) is 0 Å². The maximum Gasteiger partial charge on any atom is 0.241 e. The van der Waals surface area contributed by atoms with E-state index in [0.717, 1.165) is 6.42 Å². The Labute approximate surface area is 105 Å². The molecule has 0 radical (unpaired) electrons. The van der Waals surface area contributed by atoms with Gasteiger partial charge in [0.15, 0.2) is 0 Å². The van der Waals surface area contributed by atoms with Crippen molar-refractivity contribution in [3.63, 3.8) is 0 Å². The molecular formula is C14H26N2O. The van der Waals surface area contributed by atoms with Gasteiger partial charge in [0.2, 0.25) is 5.91 Å². The summed E-state index contributed by atoms with van der Waals surface area (Å²) in [6.07, 6.45) is 10.2. The summed E-state index contributed by atoms with van der Waals surface area (Å²) in [7, 11) is 0. The molecule has 2 atom stereocenters. The molecule has 0 aromatic heterocycles. The third-order valence-electron chi connectivity index (χ3n) is 4.29. The van der Waals surface area contributed by atoms with Crippen LogP contribution in [0.2, 0.25) is 0 Å². The topological polar surface area (TPSA) is 32.3 Å². The molecule has 2 aliphatic rings. The summed E-state index contributed by atoms with van der Waals surface area (Å²) in [6.45, 7) is 4.22. The lowest BCUT2D eigenvalue weighted by Crippen LogP contribution is -2.43. The average molecular weight is 238 g/mol. The lowest BCUT2D eigenvalue weighted by atomic mass is 9.95. The summed E-state index contributed by atoms with van der Waals surface area (Å²) in [5.74, 6) is 0.338. The fourth-order valence-electron chi connectivity index (χ4n) is 3.31. The number of hydrogen-bond acceptors (Lipinski definition) is 2. The van der Waals surface area contributed by atoms with Crippen molar-refractivity contribution in [3.8, 4) is 0 Å². The second-order valence-corrected chi connectivity index (χ2v) is 5.55. The Kier molecular flexibility index (Phi) is 4.43. The highest BCUT2D eigenvalue weighted by Gasteiger charge is 2.38. The summed E-state index contributed by atoms with van der Waals surface area (Å²) >= 11 is 0. The van der Waals surface area contributed by atoms with Crippen LogP contribution in [-0.2, 0) is 4.79 Å². The smallest absolute Gasteiger partial charge is 0.241 e. The van der Waals surface area contributed by atoms with E-state index >= 15 is 0 Å². The zero-order chi connectivity index (χ0) is 12.3. The van der Waals surface area contributed by atoms with Crippen LogP contribution in [0.15, 0.2) is 0 Å². The van der Waals surface area contributed by atoms with E-state index in [4.69, 9.17) is 0 Å². The van der Waals surface area contributed by atoms with Gasteiger partial charge in [-0.05, 0) is 26.2 Å². The zero-order valence-corrected chi connectivity index (χ0v) is 11.2. The standard InChI is InChI=1S/C14H26N2O/c1-3-13-14(17)16(11(2)15-13)12-9-7-5-4-6-8-10-12/h11-13,15H,3-10H2,1-2H3. The van der Waals surface area contributed by atoms with Crippen LogP contribution in [0.4, 0.5) is 0 Å². The fraction of sp³-hybridized carbons (Fsp3) is 0.929. The minimum absolute atomic E-state index is 0.0652. The molecular weight excluding hydrogens is 212 g/mol. The third-order valence-corrected chi connectivity index (χ3v) is 4.29. The SMILES string of the molecule is CCC1NC(C)N(C2CCCCCCC2)C1=O. The number of rotatable bonds is 2. The first-order valence-electron chi connectivity index (χ1n) is 7.32. The largest absolute Gasteiger partial charge is 0.323 e. The molecule has 1 aliphatic heterocycles. The number of nitrogens with one attached hydrogen (secondary N) is 1. The molecule has 0 spiro atoms. The Hall–Kier alpha value is -0.570. The van der Waals surface area contributed by atoms with Gasteiger partial charge in [-0.1, -0.05) is 39.0 Å². The maximum atomic E-state index is 12.3. The first kappa shape index (κ1) is 12.9. The summed E-state index contributed by atoms with van der Waals surface area (Å²) in [5, 5.41) is 3.41. The van der Waals surface area contributed by atoms with Gasteiger partial charge in [-0.3, -0.25) is 10.1 Å². The van der Waals surface area contributed by atoms with Crippen LogP contribution in [0.1, 0.15) is 65.2 Å². The predicted octanol–water partition coefficient (Wildman–Crippen LogP) is 2.66. The van der Waals surface area contributed by atoms with E-state index in [1.165, 1.54) is 44.9 Å². The van der Waals surface area contributed by atoms with E-state index in [9.17, 15) is 4.79 Å². The quantitative estimate of drug-likeness (QED) is 0.802. The molecule has 2 rings (SSSR count). The molecule has 1 saturated carbocycles. The summed E-state index contributed by atoms with van der Waals surface area (Å²) in [6, 6.07) is 0.553. The van der Waals surface area contributed by atoms with Crippen LogP contribution in [0.25, 0.3) is 0 Å². The molecule has 1 saturated heterocycles. The van der Waals surface area contributed by atoms with E-state index in [0.29, 0.717) is 11.9 Å². The molecule has 3 nitrogen and oxygen atoms in total. The average Bonchev–Trinajstić information content (AvgIpc) is 2.55. The first-order chi connectivity index (χ1) is 8.24. The van der Waals surface area contributed by atoms with Crippen molar-refractivity contribution in [2.75, 3.05) is 0 Å². The molecule has 1 heterocycles. The Morgan fingerprint density at radius 1 is 1.18 bits per heavy atom. The van der Waals surface area contributed by atoms with Gasteiger partial charge in [0, 0.05) is 6.04 Å². The predicted molar refractivity (Wildman–Crippen MR) is 69.6 cm³/mol. The third kappa shape index (κ3) is 2.82. The van der Waals surface area contributed by atoms with E-state index < -0.39 is 0 Å². The normalized spacial score (nSPS) is 32.6. The highest BCUT2D eigenvalue weighted by atomic mass is 16.2. The van der Waals surface area contributed by atoms with Crippen molar-refractivity contribution < 1.29 is 4.79 Å². The Morgan fingerprint density at radius 2 is 1.76 bits per heavy atom. The molecule has 2 fully saturated rings. The van der Waals surface area contributed by atoms with Crippen LogP contribution in [0, 0.1) is 0 Å². The van der Waals surface area contributed by atoms with Crippen LogP contribution in [0.3, 0.4) is 0 Å². The van der Waals surface area contributed by atoms with Gasteiger partial charge in [-0.2, -0.15) is 0 Å². The van der Waals surface area contributed by atoms with Gasteiger partial charge >= 0.3 is 0 Å². The number of carbonyl (C=O) groups excluding carboxylic acids is 1. The molecule has 0 bridgehead atoms. The molecule has 1 N–H and O–H groups in total. The van der Waals surface area contributed by atoms with Crippen molar-refractivity contribution in [1.82, 2.24) is 10.2 Å². The molecule has 0 aromatic rings. The monoisotopic (exact) mass is 238 g/mol. The van der Waals surface area contributed by atoms with Crippen molar-refractivity contribution in [2.24, 2.45) is 0 Å². The summed E-state index contributed by atoms with van der Waals surface area (Å²) < 4.78 is 0. The van der Waals surface area contributed by atoms with E-state index in [1.54, 1.807) is 0 Å². The highest BCUT2D eigenvalue weighted by molar-refractivity contribution is 5.84. The molecule has 2 unspecified atom stereocenters. The van der Waals surface area contributed by atoms with Gasteiger partial charge < -0.3 is 4.90 Å². The maximum absolute atomic E-state index is 12.3. The van der Waals surface area contributed by atoms with E-state index in [-0.39, 0.29) is 12.2 Å². The van der Waals surface area contributed by atoms with Gasteiger partial charge in [0.05, 0.1) is 12.2 Å². The summed E-state index contributed by atoms with van der Waals surface area (Å²) in [4.78, 5) is 14.4. The number of amides is 1. The van der Waals surface area contributed by atoms with Crippen LogP contribution >= 0.6 is 0 Å². The van der Waals surface area contributed by atoms with Gasteiger partial charge in [0.25, 0.3) is 0 Å². The molecule has 1 aliphatic carbocycles. The first-order valence-corrected chi connectivity index (χ1v) is 7.32. The minimum Gasteiger partial charge on any atom is -0.323 e. The molecule has 98 valence electrons. The lowest BCUT2D eigenvalue weighted by molar-refractivity contribution is -0.132. The van der Waals surface area contributed by atoms with Crippen molar-refractivity contribution >= 4 is 5.91 Å². The molecule has 0 aromatic carbocycles. The molecule has 1 amide bonds. The lowest BCUT2D eigenvalue weighted by Gasteiger charge is -2.32. The Balaban J connectivity index is 2.01. The van der Waals surface area contributed by atoms with Gasteiger partial charge in [-0.15, -0.1) is 0 Å². The fourth-order valence-corrected chi connectivity index (χ4v) is 3.31. The van der Waals surface area contributed by atoms with Crippen molar-refractivity contribution in [1.29, 1.82) is 0 Å². The second kappa shape index (κ2) is 5.85. The molecule has 17 heavy (non-hydrogen) atoms. The Bertz CT molecular complexity index is 259.